The predicted molar refractivity (Wildman–Crippen MR) is 96.1 cm³/mol. The van der Waals surface area contributed by atoms with Crippen LogP contribution in [0.4, 0.5) is 15.8 Å². The molecule has 1 aromatic heterocycles. The lowest BCUT2D eigenvalue weighted by Crippen LogP contribution is -2.26. The Morgan fingerprint density at radius 2 is 2.08 bits per heavy atom. The lowest BCUT2D eigenvalue weighted by molar-refractivity contribution is 0.475. The van der Waals surface area contributed by atoms with Crippen molar-refractivity contribution in [1.29, 1.82) is 0 Å². The first kappa shape index (κ1) is 15.4. The second kappa shape index (κ2) is 5.77. The average Bonchev–Trinajstić information content (AvgIpc) is 3.02. The topological polar surface area (TPSA) is 72.4 Å². The summed E-state index contributed by atoms with van der Waals surface area (Å²) in [7, 11) is 0. The Balaban J connectivity index is 1.71. The van der Waals surface area contributed by atoms with Gasteiger partial charge in [0.2, 0.25) is 5.96 Å². The van der Waals surface area contributed by atoms with E-state index < -0.39 is 0 Å². The summed E-state index contributed by atoms with van der Waals surface area (Å²) in [5.41, 5.74) is 1.48. The second-order valence-corrected chi connectivity index (χ2v) is 6.69. The largest absolute Gasteiger partial charge is 0.504 e. The number of aromatic nitrogens is 1. The molecule has 0 spiro atoms. The van der Waals surface area contributed by atoms with Crippen molar-refractivity contribution >= 4 is 63.4 Å². The number of H-pyrrole nitrogens is 1. The zero-order valence-electron chi connectivity index (χ0n) is 11.8. The third kappa shape index (κ3) is 2.54. The third-order valence-corrected chi connectivity index (χ3v) is 5.10. The van der Waals surface area contributed by atoms with Gasteiger partial charge in [0, 0.05) is 17.3 Å². The highest BCUT2D eigenvalue weighted by Gasteiger charge is 2.21. The van der Waals surface area contributed by atoms with Gasteiger partial charge in [-0.15, -0.1) is 0 Å². The molecule has 0 aliphatic carbocycles. The van der Waals surface area contributed by atoms with Crippen LogP contribution < -0.4 is 10.0 Å². The van der Waals surface area contributed by atoms with E-state index in [-0.39, 0.29) is 21.6 Å². The summed E-state index contributed by atoms with van der Waals surface area (Å²) in [5.74, 6) is -0.205. The number of hydrogen-bond acceptors (Lipinski definition) is 5. The molecule has 2 aromatic carbocycles. The number of anilines is 1. The van der Waals surface area contributed by atoms with E-state index in [0.717, 1.165) is 0 Å². The predicted octanol–water partition coefficient (Wildman–Crippen LogP) is 5.03. The lowest BCUT2D eigenvalue weighted by atomic mass is 10.2. The molecule has 0 saturated heterocycles. The molecule has 0 saturated carbocycles. The van der Waals surface area contributed by atoms with Crippen LogP contribution in [0.3, 0.4) is 0 Å². The molecule has 9 heteroatoms. The Bertz CT molecular complexity index is 1000. The molecule has 0 atom stereocenters. The van der Waals surface area contributed by atoms with Crippen molar-refractivity contribution in [3.8, 4) is 5.75 Å². The van der Waals surface area contributed by atoms with Crippen molar-refractivity contribution in [3.05, 3.63) is 46.3 Å². The van der Waals surface area contributed by atoms with Crippen LogP contribution in [-0.4, -0.2) is 16.1 Å². The van der Waals surface area contributed by atoms with Crippen molar-refractivity contribution in [2.75, 3.05) is 5.32 Å². The number of halogens is 3. The monoisotopic (exact) mass is 382 g/mol. The van der Waals surface area contributed by atoms with Crippen molar-refractivity contribution in [2.24, 2.45) is 4.99 Å². The average molecular weight is 383 g/mol. The molecule has 0 fully saturated rings. The molecule has 0 radical (unpaired) electrons. The van der Waals surface area contributed by atoms with E-state index in [0.29, 0.717) is 33.1 Å². The number of rotatable bonds is 1. The van der Waals surface area contributed by atoms with E-state index in [2.05, 4.69) is 20.0 Å². The SMILES string of the molecule is Oc1c(Cl)c(Cl)cc2c1N=C(Nc1cc(F)c3cc[nH]c3c1)NS2. The number of phenolic OH excluding ortho intramolecular Hbond substituents is 1. The van der Waals surface area contributed by atoms with Gasteiger partial charge >= 0.3 is 0 Å². The number of phenols is 1. The summed E-state index contributed by atoms with van der Waals surface area (Å²) in [6, 6.07) is 6.41. The van der Waals surface area contributed by atoms with Gasteiger partial charge < -0.3 is 15.4 Å². The number of aromatic hydroxyl groups is 1. The molecule has 5 nitrogen and oxygen atoms in total. The normalized spacial score (nSPS) is 13.4. The fraction of sp³-hybridized carbons (Fsp3) is 0. The zero-order valence-corrected chi connectivity index (χ0v) is 14.2. The summed E-state index contributed by atoms with van der Waals surface area (Å²) in [6.45, 7) is 0. The van der Waals surface area contributed by atoms with Crippen LogP contribution >= 0.6 is 35.1 Å². The lowest BCUT2D eigenvalue weighted by Gasteiger charge is -2.19. The molecule has 1 aliphatic heterocycles. The number of fused-ring (bicyclic) bond motifs is 2. The van der Waals surface area contributed by atoms with Crippen LogP contribution in [0.15, 0.2) is 40.4 Å². The maximum atomic E-state index is 14.0. The first-order chi connectivity index (χ1) is 11.5. The summed E-state index contributed by atoms with van der Waals surface area (Å²) >= 11 is 13.1. The van der Waals surface area contributed by atoms with Crippen molar-refractivity contribution in [3.63, 3.8) is 0 Å². The molecular weight excluding hydrogens is 374 g/mol. The summed E-state index contributed by atoms with van der Waals surface area (Å²) in [5, 5.41) is 13.9. The first-order valence-corrected chi connectivity index (χ1v) is 8.36. The molecule has 0 bridgehead atoms. The molecular formula is C15H9Cl2FN4OS. The minimum absolute atomic E-state index is 0.0415. The summed E-state index contributed by atoms with van der Waals surface area (Å²) < 4.78 is 17.0. The van der Waals surface area contributed by atoms with E-state index >= 15 is 0 Å². The number of guanidine groups is 1. The van der Waals surface area contributed by atoms with Crippen molar-refractivity contribution in [1.82, 2.24) is 9.71 Å². The van der Waals surface area contributed by atoms with E-state index in [1.807, 2.05) is 0 Å². The zero-order chi connectivity index (χ0) is 16.8. The smallest absolute Gasteiger partial charge is 0.211 e. The van der Waals surface area contributed by atoms with Gasteiger partial charge in [-0.1, -0.05) is 23.2 Å². The molecule has 24 heavy (non-hydrogen) atoms. The molecule has 0 unspecified atom stereocenters. The number of nitrogens with zero attached hydrogens (tertiary/aromatic N) is 1. The Morgan fingerprint density at radius 3 is 2.92 bits per heavy atom. The van der Waals surface area contributed by atoms with Crippen LogP contribution in [-0.2, 0) is 0 Å². The number of nitrogens with one attached hydrogen (secondary N) is 3. The van der Waals surface area contributed by atoms with Gasteiger partial charge in [0.25, 0.3) is 0 Å². The molecule has 2 heterocycles. The first-order valence-electron chi connectivity index (χ1n) is 6.79. The minimum Gasteiger partial charge on any atom is -0.504 e. The van der Waals surface area contributed by atoms with E-state index in [1.165, 1.54) is 18.0 Å². The van der Waals surface area contributed by atoms with Crippen LogP contribution in [0, 0.1) is 5.82 Å². The Labute approximate surface area is 150 Å². The molecule has 3 aromatic rings. The summed E-state index contributed by atoms with van der Waals surface area (Å²) in [6.07, 6.45) is 1.67. The summed E-state index contributed by atoms with van der Waals surface area (Å²) in [4.78, 5) is 7.88. The highest BCUT2D eigenvalue weighted by Crippen LogP contribution is 2.46. The number of aromatic amines is 1. The number of aliphatic imine (C=N–C) groups is 1. The molecule has 122 valence electrons. The van der Waals surface area contributed by atoms with E-state index in [9.17, 15) is 9.50 Å². The van der Waals surface area contributed by atoms with Crippen molar-refractivity contribution < 1.29 is 9.50 Å². The Hall–Kier alpha value is -2.09. The highest BCUT2D eigenvalue weighted by atomic mass is 35.5. The molecule has 1 aliphatic rings. The fourth-order valence-corrected chi connectivity index (χ4v) is 3.51. The van der Waals surface area contributed by atoms with Gasteiger partial charge in [0.05, 0.1) is 15.4 Å². The van der Waals surface area contributed by atoms with Gasteiger partial charge in [-0.25, -0.2) is 9.38 Å². The second-order valence-electron chi connectivity index (χ2n) is 5.05. The van der Waals surface area contributed by atoms with E-state index in [1.54, 1.807) is 24.4 Å². The maximum absolute atomic E-state index is 14.0. The number of hydrogen-bond donors (Lipinski definition) is 4. The third-order valence-electron chi connectivity index (χ3n) is 3.50. The van der Waals surface area contributed by atoms with Crippen LogP contribution in [0.25, 0.3) is 10.9 Å². The Kier molecular flexibility index (Phi) is 3.71. The van der Waals surface area contributed by atoms with Gasteiger partial charge in [0.15, 0.2) is 5.75 Å². The van der Waals surface area contributed by atoms with Gasteiger partial charge in [-0.05, 0) is 36.2 Å². The molecule has 0 amide bonds. The van der Waals surface area contributed by atoms with Gasteiger partial charge in [0.1, 0.15) is 16.5 Å². The number of benzene rings is 2. The van der Waals surface area contributed by atoms with Gasteiger partial charge in [-0.2, -0.15) is 0 Å². The maximum Gasteiger partial charge on any atom is 0.211 e. The minimum atomic E-state index is -0.349. The standard InChI is InChI=1S/C15H9Cl2FN4OS/c16-8-5-11-13(14(23)12(8)17)21-15(22-24-11)20-6-3-9(18)7-1-2-19-10(7)4-6/h1-5,19,23H,(H2,20,21,22). The highest BCUT2D eigenvalue weighted by molar-refractivity contribution is 7.98. The van der Waals surface area contributed by atoms with E-state index in [4.69, 9.17) is 23.2 Å². The van der Waals surface area contributed by atoms with Crippen molar-refractivity contribution in [2.45, 2.75) is 4.90 Å². The van der Waals surface area contributed by atoms with Crippen LogP contribution in [0.5, 0.6) is 5.75 Å². The van der Waals surface area contributed by atoms with Gasteiger partial charge in [-0.3, -0.25) is 4.72 Å². The quantitative estimate of drug-likeness (QED) is 0.445. The van der Waals surface area contributed by atoms with Crippen LogP contribution in [0.2, 0.25) is 10.0 Å². The molecule has 4 rings (SSSR count). The Morgan fingerprint density at radius 1 is 1.25 bits per heavy atom. The fourth-order valence-electron chi connectivity index (χ4n) is 2.39. The van der Waals surface area contributed by atoms with Crippen LogP contribution in [0.1, 0.15) is 0 Å². The molecule has 4 N–H and O–H groups in total.